The minimum Gasteiger partial charge on any atom is -0.456 e. The van der Waals surface area contributed by atoms with Crippen LogP contribution in [0.1, 0.15) is 310 Å². The molecule has 0 saturated heterocycles. The lowest BCUT2D eigenvalue weighted by molar-refractivity contribution is -0.870. The number of nitrogens with one attached hydrogen (secondary N) is 1. The van der Waals surface area contributed by atoms with Crippen molar-refractivity contribution in [2.24, 2.45) is 0 Å². The van der Waals surface area contributed by atoms with E-state index in [-0.39, 0.29) is 37.9 Å². The highest BCUT2D eigenvalue weighted by Gasteiger charge is 2.30. The van der Waals surface area contributed by atoms with Gasteiger partial charge in [-0.15, -0.1) is 0 Å². The number of quaternary nitrogens is 1. The summed E-state index contributed by atoms with van der Waals surface area (Å²) in [7, 11) is 1.45. The van der Waals surface area contributed by atoms with Crippen molar-refractivity contribution in [3.63, 3.8) is 0 Å². The zero-order valence-electron chi connectivity index (χ0n) is 54.5. The van der Waals surface area contributed by atoms with Crippen molar-refractivity contribution in [1.82, 2.24) is 5.32 Å². The quantitative estimate of drug-likeness (QED) is 0.0205. The number of amides is 1. The Labute approximate surface area is 507 Å². The number of rotatable bonds is 62. The van der Waals surface area contributed by atoms with Crippen LogP contribution in [0.3, 0.4) is 0 Å². The maximum Gasteiger partial charge on any atom is 0.472 e. The maximum absolute atomic E-state index is 13.5. The summed E-state index contributed by atoms with van der Waals surface area (Å²) in [6.45, 7) is 6.86. The molecule has 0 aromatic rings. The first kappa shape index (κ1) is 79.2. The minimum atomic E-state index is -4.47. The third-order valence-electron chi connectivity index (χ3n) is 15.1. The monoisotopic (exact) mass is 1170 g/mol. The highest BCUT2D eigenvalue weighted by Crippen LogP contribution is 2.43. The van der Waals surface area contributed by atoms with E-state index in [0.29, 0.717) is 17.4 Å². The molecular formula is C72H132N2O7P+. The molecule has 0 saturated carbocycles. The van der Waals surface area contributed by atoms with Crippen LogP contribution in [0.15, 0.2) is 85.1 Å². The second kappa shape index (κ2) is 61.3. The van der Waals surface area contributed by atoms with Crippen molar-refractivity contribution in [1.29, 1.82) is 0 Å². The lowest BCUT2D eigenvalue weighted by Crippen LogP contribution is -2.47. The van der Waals surface area contributed by atoms with Crippen LogP contribution in [0.5, 0.6) is 0 Å². The van der Waals surface area contributed by atoms with Crippen LogP contribution in [-0.2, 0) is 27.9 Å². The number of carbonyl (C=O) groups is 2. The molecule has 3 atom stereocenters. The van der Waals surface area contributed by atoms with E-state index in [1.165, 1.54) is 199 Å². The molecule has 0 fully saturated rings. The smallest absolute Gasteiger partial charge is 0.456 e. The molecule has 10 heteroatoms. The number of carbonyl (C=O) groups excluding carboxylic acids is 2. The highest BCUT2D eigenvalue weighted by molar-refractivity contribution is 7.47. The molecule has 476 valence electrons. The second-order valence-corrected chi connectivity index (χ2v) is 25.8. The summed E-state index contributed by atoms with van der Waals surface area (Å²) < 4.78 is 30.7. The Morgan fingerprint density at radius 2 is 0.793 bits per heavy atom. The number of phosphoric ester groups is 1. The molecule has 0 spiro atoms. The fourth-order valence-electron chi connectivity index (χ4n) is 9.81. The lowest BCUT2D eigenvalue weighted by atomic mass is 10.0. The Balaban J connectivity index is 5.11. The van der Waals surface area contributed by atoms with Gasteiger partial charge < -0.3 is 19.4 Å². The van der Waals surface area contributed by atoms with Crippen molar-refractivity contribution in [3.8, 4) is 0 Å². The standard InChI is InChI=1S/C72H131N2O7P/c1-7-10-13-16-19-22-25-28-30-32-33-34-35-36-37-38-39-40-41-42-44-47-50-53-56-59-62-65-72(76)81-70(63-60-57-54-51-48-45-27-24-21-18-15-12-9-3)69(68-80-82(77,78)79-67-66-74(4,5)6)73-71(75)64-61-58-55-52-49-46-43-31-29-26-23-20-17-14-11-8-2/h11,14,20,23,28-31,46,49,55,58,60,63,69-70H,7-10,12-13,15-19,21-22,24-27,32-45,47-48,50-54,56-57,59,61-62,64-68H2,1-6H3,(H-,73,75,77,78)/p+1/b14-11+,23-20+,30-28+,31-29+,49-46+,58-55+,63-60-. The molecule has 0 heterocycles. The zero-order chi connectivity index (χ0) is 60.0. The normalized spacial score (nSPS) is 14.1. The maximum atomic E-state index is 13.5. The Hall–Kier alpha value is -2.81. The summed E-state index contributed by atoms with van der Waals surface area (Å²) in [5.74, 6) is -0.595. The molecule has 1 amide bonds. The molecule has 0 aliphatic heterocycles. The van der Waals surface area contributed by atoms with Crippen LogP contribution in [0.25, 0.3) is 0 Å². The molecule has 0 radical (unpaired) electrons. The van der Waals surface area contributed by atoms with E-state index in [1.54, 1.807) is 0 Å². The first-order valence-corrected chi connectivity index (χ1v) is 35.9. The summed E-state index contributed by atoms with van der Waals surface area (Å²) in [4.78, 5) is 37.8. The number of allylic oxidation sites excluding steroid dienone is 13. The number of ether oxygens (including phenoxy) is 1. The van der Waals surface area contributed by atoms with Crippen LogP contribution >= 0.6 is 7.82 Å². The predicted molar refractivity (Wildman–Crippen MR) is 355 cm³/mol. The Kier molecular flexibility index (Phi) is 59.2. The zero-order valence-corrected chi connectivity index (χ0v) is 55.4. The van der Waals surface area contributed by atoms with Crippen LogP contribution in [0.4, 0.5) is 0 Å². The average Bonchev–Trinajstić information content (AvgIpc) is 3.45. The predicted octanol–water partition coefficient (Wildman–Crippen LogP) is 21.7. The van der Waals surface area contributed by atoms with Gasteiger partial charge in [0.15, 0.2) is 0 Å². The number of hydrogen-bond donors (Lipinski definition) is 2. The molecule has 0 bridgehead atoms. The van der Waals surface area contributed by atoms with Gasteiger partial charge >= 0.3 is 13.8 Å². The topological polar surface area (TPSA) is 111 Å². The number of unbranched alkanes of at least 4 members (excludes halogenated alkanes) is 34. The molecule has 0 rings (SSSR count). The van der Waals surface area contributed by atoms with Crippen LogP contribution < -0.4 is 5.32 Å². The van der Waals surface area contributed by atoms with Gasteiger partial charge in [-0.05, 0) is 89.5 Å². The van der Waals surface area contributed by atoms with Gasteiger partial charge in [0.2, 0.25) is 5.91 Å². The van der Waals surface area contributed by atoms with Crippen molar-refractivity contribution < 1.29 is 37.3 Å². The molecular weight excluding hydrogens is 1040 g/mol. The van der Waals surface area contributed by atoms with E-state index >= 15 is 0 Å². The highest BCUT2D eigenvalue weighted by atomic mass is 31.2. The third-order valence-corrected chi connectivity index (χ3v) is 16.1. The number of likely N-dealkylation sites (N-methyl/N-ethyl adjacent to an activating group) is 1. The minimum absolute atomic E-state index is 0.0251. The van der Waals surface area contributed by atoms with Crippen molar-refractivity contribution in [2.45, 2.75) is 322 Å². The Bertz CT molecular complexity index is 1680. The van der Waals surface area contributed by atoms with E-state index < -0.39 is 20.0 Å². The number of hydrogen-bond acceptors (Lipinski definition) is 6. The third kappa shape index (κ3) is 61.7. The van der Waals surface area contributed by atoms with Crippen LogP contribution in [0, 0.1) is 0 Å². The van der Waals surface area contributed by atoms with Crippen molar-refractivity contribution >= 4 is 19.7 Å². The van der Waals surface area contributed by atoms with Gasteiger partial charge in [-0.25, -0.2) is 4.57 Å². The summed E-state index contributed by atoms with van der Waals surface area (Å²) in [6, 6.07) is -0.891. The Morgan fingerprint density at radius 3 is 1.20 bits per heavy atom. The van der Waals surface area contributed by atoms with Gasteiger partial charge in [0.05, 0.1) is 33.8 Å². The summed E-state index contributed by atoms with van der Waals surface area (Å²) in [5.41, 5.74) is 0. The number of nitrogens with zero attached hydrogens (tertiary/aromatic N) is 1. The van der Waals surface area contributed by atoms with Crippen molar-refractivity contribution in [2.75, 3.05) is 40.9 Å². The molecule has 0 aliphatic rings. The van der Waals surface area contributed by atoms with E-state index in [1.807, 2.05) is 39.4 Å². The van der Waals surface area contributed by atoms with E-state index in [2.05, 4.69) is 92.9 Å². The Morgan fingerprint density at radius 1 is 0.439 bits per heavy atom. The molecule has 2 N–H and O–H groups in total. The van der Waals surface area contributed by atoms with E-state index in [9.17, 15) is 19.0 Å². The van der Waals surface area contributed by atoms with Gasteiger partial charge in [-0.3, -0.25) is 18.6 Å². The van der Waals surface area contributed by atoms with Crippen LogP contribution in [0.2, 0.25) is 0 Å². The molecule has 82 heavy (non-hydrogen) atoms. The summed E-state index contributed by atoms with van der Waals surface area (Å²) >= 11 is 0. The van der Waals surface area contributed by atoms with E-state index in [4.69, 9.17) is 13.8 Å². The molecule has 3 unspecified atom stereocenters. The first-order valence-electron chi connectivity index (χ1n) is 34.4. The molecule has 0 aromatic heterocycles. The molecule has 0 aromatic carbocycles. The fraction of sp³-hybridized carbons (Fsp3) is 0.778. The second-order valence-electron chi connectivity index (χ2n) is 24.3. The fourth-order valence-corrected chi connectivity index (χ4v) is 10.5. The molecule has 9 nitrogen and oxygen atoms in total. The SMILES string of the molecule is CC/C=C/C/C=C/C/C=C/C/C=C/C/C=C/CCC(=O)NC(COP(=O)(O)OCC[N+](C)(C)C)C(/C=C\CCCCCCCCCCCCC)OC(=O)CCCCCCCCCCCCCCCCCCC/C=C/CCCCCCCC. The summed E-state index contributed by atoms with van der Waals surface area (Å²) in [5, 5.41) is 3.01. The largest absolute Gasteiger partial charge is 0.472 e. The number of esters is 1. The first-order chi connectivity index (χ1) is 39.9. The average molecular weight is 1170 g/mol. The summed E-state index contributed by atoms with van der Waals surface area (Å²) in [6.07, 6.45) is 82.0. The number of phosphoric acid groups is 1. The van der Waals surface area contributed by atoms with Crippen LogP contribution in [-0.4, -0.2) is 74.3 Å². The van der Waals surface area contributed by atoms with Gasteiger partial charge in [-0.2, -0.15) is 0 Å². The van der Waals surface area contributed by atoms with Gasteiger partial charge in [0.25, 0.3) is 0 Å². The molecule has 0 aliphatic carbocycles. The lowest BCUT2D eigenvalue weighted by Gasteiger charge is -2.27. The van der Waals surface area contributed by atoms with Gasteiger partial charge in [0.1, 0.15) is 19.3 Å². The van der Waals surface area contributed by atoms with Gasteiger partial charge in [0, 0.05) is 12.8 Å². The van der Waals surface area contributed by atoms with E-state index in [0.717, 1.165) is 70.6 Å². The van der Waals surface area contributed by atoms with Gasteiger partial charge in [-0.1, -0.05) is 292 Å². The van der Waals surface area contributed by atoms with Crippen molar-refractivity contribution in [3.05, 3.63) is 85.1 Å².